The molecule has 0 bridgehead atoms. The van der Waals surface area contributed by atoms with Gasteiger partial charge in [0.25, 0.3) is 5.56 Å². The number of thiophene rings is 1. The minimum Gasteiger partial charge on any atom is -0.344 e. The molecule has 2 heterocycles. The fourth-order valence-electron chi connectivity index (χ4n) is 3.31. The molecule has 1 amide bonds. The number of H-pyrrole nitrogens is 1. The molecular weight excluding hydrogens is 370 g/mol. The SMILES string of the molecule is Cc1[nH]c(=O)c(C#N)c(C)c1CCC(=O)N[C@H](c1ccccc1)c1cccs1. The van der Waals surface area contributed by atoms with E-state index in [9.17, 15) is 14.9 Å². The zero-order valence-electron chi connectivity index (χ0n) is 15.8. The Balaban J connectivity index is 1.77. The highest BCUT2D eigenvalue weighted by atomic mass is 32.1. The average Bonchev–Trinajstić information content (AvgIpc) is 3.21. The van der Waals surface area contributed by atoms with Gasteiger partial charge in [0, 0.05) is 17.0 Å². The Bertz CT molecular complexity index is 1060. The van der Waals surface area contributed by atoms with Gasteiger partial charge in [0.1, 0.15) is 11.6 Å². The maximum Gasteiger partial charge on any atom is 0.266 e. The van der Waals surface area contributed by atoms with Crippen molar-refractivity contribution >= 4 is 17.2 Å². The van der Waals surface area contributed by atoms with Gasteiger partial charge in [0.05, 0.1) is 6.04 Å². The lowest BCUT2D eigenvalue weighted by molar-refractivity contribution is -0.121. The summed E-state index contributed by atoms with van der Waals surface area (Å²) in [6, 6.07) is 15.6. The second-order valence-electron chi connectivity index (χ2n) is 6.60. The quantitative estimate of drug-likeness (QED) is 0.671. The molecule has 0 aliphatic carbocycles. The van der Waals surface area contributed by atoms with Gasteiger partial charge in [-0.25, -0.2) is 0 Å². The number of carbonyl (C=O) groups is 1. The topological polar surface area (TPSA) is 85.8 Å². The lowest BCUT2D eigenvalue weighted by atomic mass is 9.98. The molecule has 2 N–H and O–H groups in total. The zero-order chi connectivity index (χ0) is 20.1. The van der Waals surface area contributed by atoms with Gasteiger partial charge in [-0.2, -0.15) is 5.26 Å². The molecule has 0 spiro atoms. The van der Waals surface area contributed by atoms with Crippen LogP contribution in [0.2, 0.25) is 0 Å². The van der Waals surface area contributed by atoms with Crippen molar-refractivity contribution in [1.82, 2.24) is 10.3 Å². The van der Waals surface area contributed by atoms with Crippen molar-refractivity contribution in [3.05, 3.63) is 91.0 Å². The minimum atomic E-state index is -0.382. The molecule has 0 saturated heterocycles. The van der Waals surface area contributed by atoms with Gasteiger partial charge >= 0.3 is 0 Å². The van der Waals surface area contributed by atoms with Gasteiger partial charge in [-0.3, -0.25) is 9.59 Å². The van der Waals surface area contributed by atoms with Crippen LogP contribution < -0.4 is 10.9 Å². The van der Waals surface area contributed by atoms with E-state index in [2.05, 4.69) is 10.3 Å². The molecule has 5 nitrogen and oxygen atoms in total. The van der Waals surface area contributed by atoms with Crippen LogP contribution in [0.1, 0.15) is 45.3 Å². The van der Waals surface area contributed by atoms with Crippen molar-refractivity contribution in [2.45, 2.75) is 32.7 Å². The number of nitrogens with one attached hydrogen (secondary N) is 2. The first-order chi connectivity index (χ1) is 13.5. The predicted octanol–water partition coefficient (Wildman–Crippen LogP) is 3.76. The van der Waals surface area contributed by atoms with Crippen molar-refractivity contribution in [2.24, 2.45) is 0 Å². The van der Waals surface area contributed by atoms with Gasteiger partial charge in [-0.1, -0.05) is 36.4 Å². The summed E-state index contributed by atoms with van der Waals surface area (Å²) in [7, 11) is 0. The minimum absolute atomic E-state index is 0.0780. The highest BCUT2D eigenvalue weighted by Crippen LogP contribution is 2.26. The van der Waals surface area contributed by atoms with E-state index < -0.39 is 0 Å². The number of pyridine rings is 1. The van der Waals surface area contributed by atoms with Crippen LogP contribution in [0.5, 0.6) is 0 Å². The first kappa shape index (κ1) is 19.6. The number of benzene rings is 1. The van der Waals surface area contributed by atoms with Crippen molar-refractivity contribution in [2.75, 3.05) is 0 Å². The van der Waals surface area contributed by atoms with E-state index in [1.165, 1.54) is 0 Å². The van der Waals surface area contributed by atoms with E-state index in [0.717, 1.165) is 16.0 Å². The van der Waals surface area contributed by atoms with Crippen LogP contribution in [0.25, 0.3) is 0 Å². The molecule has 1 atom stereocenters. The summed E-state index contributed by atoms with van der Waals surface area (Å²) in [5, 5.41) is 14.3. The van der Waals surface area contributed by atoms with Gasteiger partial charge in [-0.15, -0.1) is 11.3 Å². The lowest BCUT2D eigenvalue weighted by Gasteiger charge is -2.18. The Labute approximate surface area is 167 Å². The molecule has 0 aliphatic heterocycles. The Morgan fingerprint density at radius 3 is 2.61 bits per heavy atom. The second-order valence-corrected chi connectivity index (χ2v) is 7.58. The largest absolute Gasteiger partial charge is 0.344 e. The molecule has 0 unspecified atom stereocenters. The number of aromatic nitrogens is 1. The van der Waals surface area contributed by atoms with Crippen molar-refractivity contribution < 1.29 is 4.79 Å². The third-order valence-corrected chi connectivity index (χ3v) is 5.73. The number of carbonyl (C=O) groups excluding carboxylic acids is 1. The molecule has 28 heavy (non-hydrogen) atoms. The molecule has 142 valence electrons. The standard InChI is InChI=1S/C22H21N3O2S/c1-14-17(15(2)24-22(27)18(14)13-23)10-11-20(26)25-21(19-9-6-12-28-19)16-7-4-3-5-8-16/h3-9,12,21H,10-11H2,1-2H3,(H,24,27)(H,25,26)/t21-/m1/s1. The summed E-state index contributed by atoms with van der Waals surface area (Å²) in [4.78, 5) is 28.3. The summed E-state index contributed by atoms with van der Waals surface area (Å²) in [6.45, 7) is 3.55. The predicted molar refractivity (Wildman–Crippen MR) is 110 cm³/mol. The first-order valence-electron chi connectivity index (χ1n) is 9.01. The molecule has 0 saturated carbocycles. The van der Waals surface area contributed by atoms with Gasteiger partial charge in [0.2, 0.25) is 5.91 Å². The van der Waals surface area contributed by atoms with Crippen LogP contribution in [0.15, 0.2) is 52.6 Å². The highest BCUT2D eigenvalue weighted by molar-refractivity contribution is 7.10. The van der Waals surface area contributed by atoms with Crippen molar-refractivity contribution in [3.63, 3.8) is 0 Å². The molecule has 3 aromatic rings. The first-order valence-corrected chi connectivity index (χ1v) is 9.89. The number of aromatic amines is 1. The lowest BCUT2D eigenvalue weighted by Crippen LogP contribution is -2.29. The third-order valence-electron chi connectivity index (χ3n) is 4.79. The van der Waals surface area contributed by atoms with Gasteiger partial charge in [-0.05, 0) is 48.4 Å². The van der Waals surface area contributed by atoms with E-state index in [1.54, 1.807) is 25.2 Å². The summed E-state index contributed by atoms with van der Waals surface area (Å²) >= 11 is 1.60. The second kappa shape index (κ2) is 8.68. The van der Waals surface area contributed by atoms with E-state index in [4.69, 9.17) is 0 Å². The molecular formula is C22H21N3O2S. The summed E-state index contributed by atoms with van der Waals surface area (Å²) in [5.74, 6) is -0.0780. The normalized spacial score (nSPS) is 11.6. The Hall–Kier alpha value is -3.17. The number of hydrogen-bond acceptors (Lipinski definition) is 4. The maximum atomic E-state index is 12.7. The molecule has 0 radical (unpaired) electrons. The van der Waals surface area contributed by atoms with Crippen LogP contribution in [0, 0.1) is 25.2 Å². The Morgan fingerprint density at radius 1 is 1.21 bits per heavy atom. The fraction of sp³-hybridized carbons (Fsp3) is 0.227. The fourth-order valence-corrected chi connectivity index (χ4v) is 4.11. The molecule has 3 rings (SSSR count). The third kappa shape index (κ3) is 4.21. The van der Waals surface area contributed by atoms with Crippen LogP contribution in [0.4, 0.5) is 0 Å². The van der Waals surface area contributed by atoms with Gasteiger partial charge in [0.15, 0.2) is 0 Å². The molecule has 1 aromatic carbocycles. The number of rotatable bonds is 6. The summed E-state index contributed by atoms with van der Waals surface area (Å²) in [5.41, 5.74) is 2.95. The van der Waals surface area contributed by atoms with Gasteiger partial charge < -0.3 is 10.3 Å². The smallest absolute Gasteiger partial charge is 0.266 e. The summed E-state index contributed by atoms with van der Waals surface area (Å²) in [6.07, 6.45) is 0.730. The zero-order valence-corrected chi connectivity index (χ0v) is 16.6. The molecule has 6 heteroatoms. The highest BCUT2D eigenvalue weighted by Gasteiger charge is 2.19. The van der Waals surface area contributed by atoms with E-state index in [0.29, 0.717) is 17.7 Å². The molecule has 2 aromatic heterocycles. The van der Waals surface area contributed by atoms with E-state index >= 15 is 0 Å². The van der Waals surface area contributed by atoms with E-state index in [1.807, 2.05) is 53.9 Å². The molecule has 0 aliphatic rings. The van der Waals surface area contributed by atoms with Crippen LogP contribution in [-0.4, -0.2) is 10.9 Å². The maximum absolute atomic E-state index is 12.7. The van der Waals surface area contributed by atoms with E-state index in [-0.39, 0.29) is 29.5 Å². The number of amides is 1. The number of aryl methyl sites for hydroxylation is 1. The summed E-state index contributed by atoms with van der Waals surface area (Å²) < 4.78 is 0. The monoisotopic (exact) mass is 391 g/mol. The average molecular weight is 391 g/mol. The van der Waals surface area contributed by atoms with Crippen LogP contribution in [0.3, 0.4) is 0 Å². The Kier molecular flexibility index (Phi) is 6.07. The number of nitriles is 1. The number of hydrogen-bond donors (Lipinski definition) is 2. The van der Waals surface area contributed by atoms with Crippen LogP contribution >= 0.6 is 11.3 Å². The van der Waals surface area contributed by atoms with Crippen LogP contribution in [-0.2, 0) is 11.2 Å². The van der Waals surface area contributed by atoms with Crippen molar-refractivity contribution in [1.29, 1.82) is 5.26 Å². The van der Waals surface area contributed by atoms with Crippen molar-refractivity contribution in [3.8, 4) is 6.07 Å². The number of nitrogens with zero attached hydrogens (tertiary/aromatic N) is 1. The molecule has 0 fully saturated rings. The Morgan fingerprint density at radius 2 is 1.96 bits per heavy atom.